The van der Waals surface area contributed by atoms with Gasteiger partial charge in [0.25, 0.3) is 0 Å². The zero-order chi connectivity index (χ0) is 12.6. The molecule has 1 fully saturated rings. The summed E-state index contributed by atoms with van der Waals surface area (Å²) in [5.74, 6) is 6.97. The van der Waals surface area contributed by atoms with Crippen LogP contribution in [0, 0.1) is 17.8 Å². The van der Waals surface area contributed by atoms with Gasteiger partial charge in [0, 0.05) is 18.7 Å². The van der Waals surface area contributed by atoms with Crippen molar-refractivity contribution in [2.24, 2.45) is 5.92 Å². The van der Waals surface area contributed by atoms with Crippen molar-refractivity contribution >= 4 is 0 Å². The smallest absolute Gasteiger partial charge is 0.0613 e. The van der Waals surface area contributed by atoms with Gasteiger partial charge >= 0.3 is 0 Å². The Morgan fingerprint density at radius 1 is 1.33 bits per heavy atom. The van der Waals surface area contributed by atoms with E-state index in [1.54, 1.807) is 0 Å². The second-order valence-electron chi connectivity index (χ2n) is 4.66. The first-order chi connectivity index (χ1) is 8.90. The van der Waals surface area contributed by atoms with Crippen LogP contribution < -0.4 is 5.32 Å². The Kier molecular flexibility index (Phi) is 5.26. The lowest BCUT2D eigenvalue weighted by molar-refractivity contribution is 0.0875. The van der Waals surface area contributed by atoms with Gasteiger partial charge in [-0.25, -0.2) is 0 Å². The van der Waals surface area contributed by atoms with Crippen LogP contribution in [0.25, 0.3) is 0 Å². The van der Waals surface area contributed by atoms with Crippen molar-refractivity contribution in [2.75, 3.05) is 19.7 Å². The lowest BCUT2D eigenvalue weighted by atomic mass is 10.00. The molecule has 1 saturated heterocycles. The van der Waals surface area contributed by atoms with E-state index in [9.17, 15) is 0 Å². The summed E-state index contributed by atoms with van der Waals surface area (Å²) in [5.41, 5.74) is 1.08. The Bertz CT molecular complexity index is 404. The third-order valence-electron chi connectivity index (χ3n) is 3.38. The molecular formula is C16H21NO. The minimum absolute atomic E-state index is 0.444. The van der Waals surface area contributed by atoms with Crippen LogP contribution in [0.4, 0.5) is 0 Å². The first-order valence-corrected chi connectivity index (χ1v) is 6.76. The van der Waals surface area contributed by atoms with Crippen molar-refractivity contribution in [2.45, 2.75) is 25.9 Å². The Morgan fingerprint density at radius 3 is 2.94 bits per heavy atom. The quantitative estimate of drug-likeness (QED) is 0.648. The van der Waals surface area contributed by atoms with Crippen LogP contribution in [0.2, 0.25) is 0 Å². The molecule has 2 rings (SSSR count). The van der Waals surface area contributed by atoms with E-state index in [0.717, 1.165) is 31.7 Å². The lowest BCUT2D eigenvalue weighted by Gasteiger charge is -2.16. The van der Waals surface area contributed by atoms with Crippen LogP contribution in [0.15, 0.2) is 30.3 Å². The van der Waals surface area contributed by atoms with Crippen LogP contribution in [0.5, 0.6) is 0 Å². The fourth-order valence-corrected chi connectivity index (χ4v) is 2.37. The van der Waals surface area contributed by atoms with Crippen LogP contribution in [0.1, 0.15) is 25.3 Å². The van der Waals surface area contributed by atoms with Gasteiger partial charge in [-0.3, -0.25) is 0 Å². The van der Waals surface area contributed by atoms with Gasteiger partial charge in [0.2, 0.25) is 0 Å². The molecule has 0 saturated carbocycles. The average Bonchev–Trinajstić information content (AvgIpc) is 2.87. The first kappa shape index (κ1) is 13.1. The highest BCUT2D eigenvalue weighted by Gasteiger charge is 2.25. The molecule has 1 heterocycles. The summed E-state index contributed by atoms with van der Waals surface area (Å²) in [6, 6.07) is 10.1. The van der Waals surface area contributed by atoms with Crippen molar-refractivity contribution in [1.29, 1.82) is 0 Å². The number of ether oxygens (including phenoxy) is 1. The number of rotatable bonds is 4. The topological polar surface area (TPSA) is 21.3 Å². The molecule has 1 aliphatic heterocycles. The summed E-state index contributed by atoms with van der Waals surface area (Å²) in [7, 11) is 0. The molecule has 2 nitrogen and oxygen atoms in total. The summed E-state index contributed by atoms with van der Waals surface area (Å²) in [6.45, 7) is 4.88. The molecule has 2 unspecified atom stereocenters. The van der Waals surface area contributed by atoms with Gasteiger partial charge in [-0.05, 0) is 30.9 Å². The van der Waals surface area contributed by atoms with Gasteiger partial charge in [-0.2, -0.15) is 0 Å². The predicted octanol–water partition coefficient (Wildman–Crippen LogP) is 2.44. The summed E-state index contributed by atoms with van der Waals surface area (Å²) < 4.78 is 5.67. The molecule has 2 atom stereocenters. The first-order valence-electron chi connectivity index (χ1n) is 6.76. The van der Waals surface area contributed by atoms with Crippen molar-refractivity contribution < 1.29 is 4.74 Å². The third-order valence-corrected chi connectivity index (χ3v) is 3.38. The van der Waals surface area contributed by atoms with Crippen LogP contribution in [-0.2, 0) is 4.74 Å². The maximum atomic E-state index is 5.67. The third kappa shape index (κ3) is 3.87. The molecule has 96 valence electrons. The fourth-order valence-electron chi connectivity index (χ4n) is 2.37. The Hall–Kier alpha value is -1.30. The summed E-state index contributed by atoms with van der Waals surface area (Å²) in [6.07, 6.45) is 2.74. The van der Waals surface area contributed by atoms with Gasteiger partial charge in [0.1, 0.15) is 0 Å². The standard InChI is InChI=1S/C16H21NO/c1-2-16-15(10-12-18-16)13-17-11-6-9-14-7-4-3-5-8-14/h3-5,7-8,15-17H,2,10-13H2,1H3. The molecule has 0 amide bonds. The highest BCUT2D eigenvalue weighted by Crippen LogP contribution is 2.22. The molecule has 1 N–H and O–H groups in total. The molecule has 1 aromatic rings. The molecule has 2 heteroatoms. The minimum atomic E-state index is 0.444. The Labute approximate surface area is 110 Å². The zero-order valence-corrected chi connectivity index (χ0v) is 11.0. The van der Waals surface area contributed by atoms with E-state index in [-0.39, 0.29) is 0 Å². The highest BCUT2D eigenvalue weighted by atomic mass is 16.5. The lowest BCUT2D eigenvalue weighted by Crippen LogP contribution is -2.28. The number of nitrogens with one attached hydrogen (secondary N) is 1. The summed E-state index contributed by atoms with van der Waals surface area (Å²) in [4.78, 5) is 0. The molecule has 0 radical (unpaired) electrons. The second-order valence-corrected chi connectivity index (χ2v) is 4.66. The van der Waals surface area contributed by atoms with E-state index in [1.165, 1.54) is 6.42 Å². The van der Waals surface area contributed by atoms with Crippen LogP contribution in [0.3, 0.4) is 0 Å². The van der Waals surface area contributed by atoms with E-state index in [4.69, 9.17) is 4.74 Å². The minimum Gasteiger partial charge on any atom is -0.378 e. The maximum Gasteiger partial charge on any atom is 0.0613 e. The summed E-state index contributed by atoms with van der Waals surface area (Å²) >= 11 is 0. The molecule has 0 spiro atoms. The zero-order valence-electron chi connectivity index (χ0n) is 11.0. The van der Waals surface area contributed by atoms with E-state index < -0.39 is 0 Å². The fraction of sp³-hybridized carbons (Fsp3) is 0.500. The number of benzene rings is 1. The Morgan fingerprint density at radius 2 is 2.17 bits per heavy atom. The van der Waals surface area contributed by atoms with Crippen molar-refractivity contribution in [3.63, 3.8) is 0 Å². The van der Waals surface area contributed by atoms with Crippen molar-refractivity contribution in [1.82, 2.24) is 5.32 Å². The second kappa shape index (κ2) is 7.20. The molecule has 18 heavy (non-hydrogen) atoms. The van der Waals surface area contributed by atoms with E-state index in [2.05, 4.69) is 24.1 Å². The van der Waals surface area contributed by atoms with Crippen LogP contribution >= 0.6 is 0 Å². The number of hydrogen-bond donors (Lipinski definition) is 1. The molecule has 1 aromatic carbocycles. The van der Waals surface area contributed by atoms with Crippen LogP contribution in [-0.4, -0.2) is 25.8 Å². The largest absolute Gasteiger partial charge is 0.378 e. The summed E-state index contributed by atoms with van der Waals surface area (Å²) in [5, 5.41) is 3.41. The predicted molar refractivity (Wildman–Crippen MR) is 74.3 cm³/mol. The molecule has 0 bridgehead atoms. The molecular weight excluding hydrogens is 222 g/mol. The molecule has 0 aromatic heterocycles. The van der Waals surface area contributed by atoms with E-state index in [0.29, 0.717) is 12.0 Å². The van der Waals surface area contributed by atoms with Gasteiger partial charge in [0.05, 0.1) is 12.6 Å². The normalized spacial score (nSPS) is 22.5. The van der Waals surface area contributed by atoms with Gasteiger partial charge in [0.15, 0.2) is 0 Å². The maximum absolute atomic E-state index is 5.67. The molecule has 1 aliphatic rings. The van der Waals surface area contributed by atoms with E-state index in [1.807, 2.05) is 30.3 Å². The van der Waals surface area contributed by atoms with Crippen molar-refractivity contribution in [3.05, 3.63) is 35.9 Å². The van der Waals surface area contributed by atoms with Gasteiger partial charge < -0.3 is 10.1 Å². The van der Waals surface area contributed by atoms with Gasteiger partial charge in [-0.1, -0.05) is 37.0 Å². The van der Waals surface area contributed by atoms with Gasteiger partial charge in [-0.15, -0.1) is 0 Å². The SMILES string of the molecule is CCC1OCCC1CNCC#Cc1ccccc1. The van der Waals surface area contributed by atoms with Crippen molar-refractivity contribution in [3.8, 4) is 11.8 Å². The van der Waals surface area contributed by atoms with E-state index >= 15 is 0 Å². The highest BCUT2D eigenvalue weighted by molar-refractivity contribution is 5.33. The number of hydrogen-bond acceptors (Lipinski definition) is 2. The molecule has 0 aliphatic carbocycles. The Balaban J connectivity index is 1.69. The monoisotopic (exact) mass is 243 g/mol. The average molecular weight is 243 g/mol.